The first-order valence-electron chi connectivity index (χ1n) is 6.91. The Labute approximate surface area is 114 Å². The number of aromatic nitrogens is 1. The fraction of sp³-hybridized carbons (Fsp3) is 0.438. The van der Waals surface area contributed by atoms with Gasteiger partial charge in [-0.15, -0.1) is 0 Å². The second kappa shape index (κ2) is 6.40. The predicted molar refractivity (Wildman–Crippen MR) is 78.8 cm³/mol. The van der Waals surface area contributed by atoms with E-state index >= 15 is 0 Å². The van der Waals surface area contributed by atoms with Gasteiger partial charge in [-0.25, -0.2) is 0 Å². The molecule has 2 N–H and O–H groups in total. The van der Waals surface area contributed by atoms with Crippen LogP contribution in [0.1, 0.15) is 31.7 Å². The zero-order valence-corrected chi connectivity index (χ0v) is 11.5. The van der Waals surface area contributed by atoms with Crippen LogP contribution in [-0.2, 0) is 13.0 Å². The summed E-state index contributed by atoms with van der Waals surface area (Å²) < 4.78 is 2.28. The number of fused-ring (bicyclic) bond motifs is 1. The van der Waals surface area contributed by atoms with E-state index in [1.807, 2.05) is 6.92 Å². The van der Waals surface area contributed by atoms with Gasteiger partial charge in [0, 0.05) is 30.7 Å². The fourth-order valence-corrected chi connectivity index (χ4v) is 2.41. The standard InChI is InChI=1S/C16H21N3/c1-13(18)11-14-5-6-15-7-10-19(16(15)12-14)9-4-2-3-8-17/h5-7,10,12-13H,2-4,9,11,18H2,1H3. The monoisotopic (exact) mass is 255 g/mol. The molecule has 0 aliphatic rings. The lowest BCUT2D eigenvalue weighted by molar-refractivity contribution is 0.632. The molecule has 0 aliphatic carbocycles. The lowest BCUT2D eigenvalue weighted by Gasteiger charge is -2.08. The smallest absolute Gasteiger partial charge is 0.0621 e. The molecule has 100 valence electrons. The van der Waals surface area contributed by atoms with E-state index in [4.69, 9.17) is 11.0 Å². The van der Waals surface area contributed by atoms with Crippen LogP contribution >= 0.6 is 0 Å². The van der Waals surface area contributed by atoms with Gasteiger partial charge in [-0.1, -0.05) is 12.1 Å². The van der Waals surface area contributed by atoms with Crippen LogP contribution in [0.2, 0.25) is 0 Å². The molecular weight excluding hydrogens is 234 g/mol. The quantitative estimate of drug-likeness (QED) is 0.806. The number of benzene rings is 1. The summed E-state index contributed by atoms with van der Waals surface area (Å²) in [4.78, 5) is 0. The molecule has 0 radical (unpaired) electrons. The Hall–Kier alpha value is -1.79. The Morgan fingerprint density at radius 1 is 1.32 bits per heavy atom. The van der Waals surface area contributed by atoms with Crippen molar-refractivity contribution in [3.05, 3.63) is 36.0 Å². The largest absolute Gasteiger partial charge is 0.347 e. The maximum absolute atomic E-state index is 8.55. The number of rotatable bonds is 6. The van der Waals surface area contributed by atoms with Gasteiger partial charge in [0.05, 0.1) is 6.07 Å². The summed E-state index contributed by atoms with van der Waals surface area (Å²) in [6.45, 7) is 3.01. The van der Waals surface area contributed by atoms with Crippen molar-refractivity contribution in [1.82, 2.24) is 4.57 Å². The molecule has 0 amide bonds. The summed E-state index contributed by atoms with van der Waals surface area (Å²) in [7, 11) is 0. The van der Waals surface area contributed by atoms with Crippen LogP contribution in [0.4, 0.5) is 0 Å². The van der Waals surface area contributed by atoms with Gasteiger partial charge in [-0.05, 0) is 49.3 Å². The molecule has 0 saturated heterocycles. The summed E-state index contributed by atoms with van der Waals surface area (Å²) >= 11 is 0. The SMILES string of the molecule is CC(N)Cc1ccc2ccn(CCCCC#N)c2c1. The molecule has 1 unspecified atom stereocenters. The van der Waals surface area contributed by atoms with Crippen molar-refractivity contribution in [2.24, 2.45) is 5.73 Å². The molecule has 1 aromatic heterocycles. The highest BCUT2D eigenvalue weighted by Crippen LogP contribution is 2.19. The normalized spacial score (nSPS) is 12.5. The lowest BCUT2D eigenvalue weighted by Crippen LogP contribution is -2.17. The first-order valence-corrected chi connectivity index (χ1v) is 6.91. The van der Waals surface area contributed by atoms with Crippen molar-refractivity contribution in [2.75, 3.05) is 0 Å². The number of aryl methyl sites for hydroxylation is 1. The van der Waals surface area contributed by atoms with Crippen LogP contribution in [0.5, 0.6) is 0 Å². The Morgan fingerprint density at radius 2 is 2.16 bits per heavy atom. The summed E-state index contributed by atoms with van der Waals surface area (Å²) in [5.41, 5.74) is 8.42. The molecule has 2 aromatic rings. The summed E-state index contributed by atoms with van der Waals surface area (Å²) in [6.07, 6.45) is 5.71. The first kappa shape index (κ1) is 13.6. The van der Waals surface area contributed by atoms with Crippen LogP contribution in [0.15, 0.2) is 30.5 Å². The first-order chi connectivity index (χ1) is 9.20. The molecule has 0 saturated carbocycles. The van der Waals surface area contributed by atoms with Crippen molar-refractivity contribution in [2.45, 2.75) is 45.2 Å². The molecule has 0 bridgehead atoms. The van der Waals surface area contributed by atoms with Crippen molar-refractivity contribution in [3.63, 3.8) is 0 Å². The molecule has 2 rings (SSSR count). The highest BCUT2D eigenvalue weighted by molar-refractivity contribution is 5.80. The molecule has 1 heterocycles. The molecule has 19 heavy (non-hydrogen) atoms. The second-order valence-electron chi connectivity index (χ2n) is 5.20. The maximum atomic E-state index is 8.55. The van der Waals surface area contributed by atoms with Gasteiger partial charge in [0.1, 0.15) is 0 Å². The third-order valence-corrected chi connectivity index (χ3v) is 3.33. The topological polar surface area (TPSA) is 54.7 Å². The number of unbranched alkanes of at least 4 members (excludes halogenated alkanes) is 2. The zero-order chi connectivity index (χ0) is 13.7. The third-order valence-electron chi connectivity index (χ3n) is 3.33. The van der Waals surface area contributed by atoms with Crippen molar-refractivity contribution in [1.29, 1.82) is 5.26 Å². The van der Waals surface area contributed by atoms with Gasteiger partial charge in [0.2, 0.25) is 0 Å². The number of nitrogens with zero attached hydrogens (tertiary/aromatic N) is 2. The van der Waals surface area contributed by atoms with Crippen LogP contribution in [0, 0.1) is 11.3 Å². The zero-order valence-electron chi connectivity index (χ0n) is 11.5. The molecule has 0 spiro atoms. The Kier molecular flexibility index (Phi) is 4.59. The molecule has 0 aliphatic heterocycles. The summed E-state index contributed by atoms with van der Waals surface area (Å²) in [5.74, 6) is 0. The number of nitriles is 1. The van der Waals surface area contributed by atoms with Gasteiger partial charge < -0.3 is 10.3 Å². The van der Waals surface area contributed by atoms with E-state index in [9.17, 15) is 0 Å². The average molecular weight is 255 g/mol. The van der Waals surface area contributed by atoms with E-state index in [-0.39, 0.29) is 6.04 Å². The Bertz CT molecular complexity index is 575. The van der Waals surface area contributed by atoms with E-state index in [1.54, 1.807) is 0 Å². The minimum Gasteiger partial charge on any atom is -0.347 e. The van der Waals surface area contributed by atoms with Gasteiger partial charge in [-0.2, -0.15) is 5.26 Å². The van der Waals surface area contributed by atoms with Crippen LogP contribution in [-0.4, -0.2) is 10.6 Å². The van der Waals surface area contributed by atoms with E-state index in [0.29, 0.717) is 6.42 Å². The third kappa shape index (κ3) is 3.59. The predicted octanol–water partition coefficient (Wildman–Crippen LogP) is 3.22. The van der Waals surface area contributed by atoms with Crippen molar-refractivity contribution < 1.29 is 0 Å². The molecule has 0 fully saturated rings. The van der Waals surface area contributed by atoms with E-state index in [2.05, 4.69) is 41.1 Å². The summed E-state index contributed by atoms with van der Waals surface area (Å²) in [6, 6.07) is 11.1. The van der Waals surface area contributed by atoms with Gasteiger partial charge in [-0.3, -0.25) is 0 Å². The maximum Gasteiger partial charge on any atom is 0.0621 e. The van der Waals surface area contributed by atoms with Crippen molar-refractivity contribution in [3.8, 4) is 6.07 Å². The van der Waals surface area contributed by atoms with Crippen LogP contribution < -0.4 is 5.73 Å². The van der Waals surface area contributed by atoms with Crippen LogP contribution in [0.3, 0.4) is 0 Å². The summed E-state index contributed by atoms with van der Waals surface area (Å²) in [5, 5.41) is 9.82. The second-order valence-corrected chi connectivity index (χ2v) is 5.20. The van der Waals surface area contributed by atoms with Gasteiger partial charge in [0.15, 0.2) is 0 Å². The Morgan fingerprint density at radius 3 is 2.89 bits per heavy atom. The van der Waals surface area contributed by atoms with Gasteiger partial charge >= 0.3 is 0 Å². The van der Waals surface area contributed by atoms with Crippen LogP contribution in [0.25, 0.3) is 10.9 Å². The minimum atomic E-state index is 0.191. The fourth-order valence-electron chi connectivity index (χ4n) is 2.41. The highest BCUT2D eigenvalue weighted by Gasteiger charge is 2.04. The number of nitrogens with two attached hydrogens (primary N) is 1. The molecule has 3 nitrogen and oxygen atoms in total. The van der Waals surface area contributed by atoms with E-state index in [0.717, 1.165) is 25.8 Å². The molecular formula is C16H21N3. The molecule has 1 atom stereocenters. The van der Waals surface area contributed by atoms with Crippen molar-refractivity contribution >= 4 is 10.9 Å². The van der Waals surface area contributed by atoms with Gasteiger partial charge in [0.25, 0.3) is 0 Å². The van der Waals surface area contributed by atoms with E-state index in [1.165, 1.54) is 16.5 Å². The minimum absolute atomic E-state index is 0.191. The number of hydrogen-bond acceptors (Lipinski definition) is 2. The van der Waals surface area contributed by atoms with E-state index < -0.39 is 0 Å². The molecule has 3 heteroatoms. The molecule has 1 aromatic carbocycles. The average Bonchev–Trinajstić information content (AvgIpc) is 2.77. The lowest BCUT2D eigenvalue weighted by atomic mass is 10.1. The number of hydrogen-bond donors (Lipinski definition) is 1. The highest BCUT2D eigenvalue weighted by atomic mass is 14.9. The Balaban J connectivity index is 2.13.